The summed E-state index contributed by atoms with van der Waals surface area (Å²) in [5.41, 5.74) is 3.69. The smallest absolute Gasteiger partial charge is 0.0569 e. The van der Waals surface area contributed by atoms with Crippen molar-refractivity contribution in [1.82, 2.24) is 0 Å². The molecule has 0 saturated carbocycles. The zero-order valence-electron chi connectivity index (χ0n) is 13.7. The van der Waals surface area contributed by atoms with E-state index in [1.807, 2.05) is 6.08 Å². The third kappa shape index (κ3) is 4.59. The molecule has 0 heterocycles. The van der Waals surface area contributed by atoms with Crippen LogP contribution >= 0.6 is 0 Å². The van der Waals surface area contributed by atoms with Gasteiger partial charge >= 0.3 is 0 Å². The van der Waals surface area contributed by atoms with E-state index >= 15 is 0 Å². The highest BCUT2D eigenvalue weighted by atomic mass is 32.2. The van der Waals surface area contributed by atoms with Gasteiger partial charge in [0.05, 0.1) is 10.8 Å². The zero-order valence-corrected chi connectivity index (χ0v) is 14.6. The van der Waals surface area contributed by atoms with Crippen LogP contribution in [0.25, 0.3) is 0 Å². The van der Waals surface area contributed by atoms with Crippen molar-refractivity contribution in [3.8, 4) is 0 Å². The molecule has 0 bridgehead atoms. The molecule has 0 amide bonds. The average Bonchev–Trinajstić information content (AvgIpc) is 2.24. The normalized spacial score (nSPS) is 14.9. The van der Waals surface area contributed by atoms with Crippen LogP contribution in [0.15, 0.2) is 29.7 Å². The highest BCUT2D eigenvalue weighted by molar-refractivity contribution is 7.85. The SMILES string of the molecule is C=CC[C@@H](CC(C)(C)C)S(=O)c1c(C)cc(C)cc1C. The summed E-state index contributed by atoms with van der Waals surface area (Å²) in [6.45, 7) is 16.7. The molecular weight excluding hydrogens is 264 g/mol. The van der Waals surface area contributed by atoms with Crippen molar-refractivity contribution in [3.05, 3.63) is 41.5 Å². The first-order chi connectivity index (χ1) is 9.15. The molecule has 0 aliphatic rings. The summed E-state index contributed by atoms with van der Waals surface area (Å²) in [5, 5.41) is 0.146. The van der Waals surface area contributed by atoms with Crippen molar-refractivity contribution < 1.29 is 4.21 Å². The van der Waals surface area contributed by atoms with Crippen molar-refractivity contribution >= 4 is 10.8 Å². The van der Waals surface area contributed by atoms with Crippen LogP contribution in [0.4, 0.5) is 0 Å². The molecule has 0 radical (unpaired) electrons. The second-order valence-electron chi connectivity index (χ2n) is 6.94. The van der Waals surface area contributed by atoms with Gasteiger partial charge in [0.15, 0.2) is 0 Å². The molecule has 0 spiro atoms. The molecule has 1 unspecified atom stereocenters. The van der Waals surface area contributed by atoms with Gasteiger partial charge in [-0.1, -0.05) is 44.5 Å². The van der Waals surface area contributed by atoms with Gasteiger partial charge in [-0.05, 0) is 50.2 Å². The maximum absolute atomic E-state index is 13.0. The van der Waals surface area contributed by atoms with Crippen LogP contribution in [0.3, 0.4) is 0 Å². The first-order valence-electron chi connectivity index (χ1n) is 7.25. The molecule has 1 aromatic carbocycles. The first-order valence-corrected chi connectivity index (χ1v) is 8.46. The van der Waals surface area contributed by atoms with Crippen LogP contribution in [0, 0.1) is 26.2 Å². The van der Waals surface area contributed by atoms with Gasteiger partial charge in [-0.2, -0.15) is 0 Å². The quantitative estimate of drug-likeness (QED) is 0.690. The summed E-state index contributed by atoms with van der Waals surface area (Å²) in [6, 6.07) is 4.25. The summed E-state index contributed by atoms with van der Waals surface area (Å²) >= 11 is 0. The van der Waals surface area contributed by atoms with Crippen LogP contribution in [-0.4, -0.2) is 9.46 Å². The lowest BCUT2D eigenvalue weighted by Gasteiger charge is -2.26. The van der Waals surface area contributed by atoms with Gasteiger partial charge in [-0.3, -0.25) is 4.21 Å². The third-order valence-electron chi connectivity index (χ3n) is 3.38. The van der Waals surface area contributed by atoms with E-state index in [-0.39, 0.29) is 10.7 Å². The molecule has 0 aliphatic carbocycles. The van der Waals surface area contributed by atoms with Crippen LogP contribution < -0.4 is 0 Å². The van der Waals surface area contributed by atoms with Gasteiger partial charge in [0, 0.05) is 10.1 Å². The fourth-order valence-electron chi connectivity index (χ4n) is 2.77. The number of benzene rings is 1. The minimum atomic E-state index is -0.970. The maximum Gasteiger partial charge on any atom is 0.0569 e. The van der Waals surface area contributed by atoms with E-state index < -0.39 is 10.8 Å². The maximum atomic E-state index is 13.0. The fourth-order valence-corrected chi connectivity index (χ4v) is 4.81. The van der Waals surface area contributed by atoms with E-state index in [4.69, 9.17) is 0 Å². The lowest BCUT2D eigenvalue weighted by molar-refractivity contribution is 0.369. The van der Waals surface area contributed by atoms with E-state index in [9.17, 15) is 4.21 Å². The minimum Gasteiger partial charge on any atom is -0.254 e. The second kappa shape index (κ2) is 6.71. The van der Waals surface area contributed by atoms with Gasteiger partial charge < -0.3 is 0 Å². The molecular formula is C18H28OS. The average molecular weight is 292 g/mol. The molecule has 2 heteroatoms. The van der Waals surface area contributed by atoms with Gasteiger partial charge in [-0.15, -0.1) is 6.58 Å². The topological polar surface area (TPSA) is 17.1 Å². The molecule has 1 rings (SSSR count). The molecule has 0 fully saturated rings. The number of hydrogen-bond acceptors (Lipinski definition) is 1. The lowest BCUT2D eigenvalue weighted by Crippen LogP contribution is -2.23. The molecule has 1 nitrogen and oxygen atoms in total. The van der Waals surface area contributed by atoms with Crippen molar-refractivity contribution in [2.24, 2.45) is 5.41 Å². The summed E-state index contributed by atoms with van der Waals surface area (Å²) in [7, 11) is -0.970. The predicted octanol–water partition coefficient (Wildman–Crippen LogP) is 5.10. The lowest BCUT2D eigenvalue weighted by atomic mass is 9.89. The first kappa shape index (κ1) is 17.2. The minimum absolute atomic E-state index is 0.146. The molecule has 112 valence electrons. The van der Waals surface area contributed by atoms with E-state index in [2.05, 4.69) is 60.3 Å². The molecule has 0 saturated heterocycles. The Morgan fingerprint density at radius 3 is 2.10 bits per heavy atom. The molecule has 2 atom stereocenters. The van der Waals surface area contributed by atoms with E-state index in [1.165, 1.54) is 5.56 Å². The van der Waals surface area contributed by atoms with Crippen molar-refractivity contribution in [3.63, 3.8) is 0 Å². The van der Waals surface area contributed by atoms with Gasteiger partial charge in [0.1, 0.15) is 0 Å². The number of allylic oxidation sites excluding steroid dienone is 1. The van der Waals surface area contributed by atoms with Crippen molar-refractivity contribution in [2.45, 2.75) is 64.5 Å². The summed E-state index contributed by atoms with van der Waals surface area (Å²) in [4.78, 5) is 1.02. The molecule has 0 aromatic heterocycles. The highest BCUT2D eigenvalue weighted by Gasteiger charge is 2.25. The Kier molecular flexibility index (Phi) is 5.76. The Labute approximate surface area is 126 Å². The Hall–Kier alpha value is -0.890. The molecule has 0 aliphatic heterocycles. The number of rotatable bonds is 5. The van der Waals surface area contributed by atoms with Crippen LogP contribution in [0.5, 0.6) is 0 Å². The largest absolute Gasteiger partial charge is 0.254 e. The third-order valence-corrected chi connectivity index (χ3v) is 5.39. The summed E-state index contributed by atoms with van der Waals surface area (Å²) in [6.07, 6.45) is 3.64. The van der Waals surface area contributed by atoms with Gasteiger partial charge in [0.25, 0.3) is 0 Å². The van der Waals surface area contributed by atoms with Gasteiger partial charge in [-0.25, -0.2) is 0 Å². The highest BCUT2D eigenvalue weighted by Crippen LogP contribution is 2.30. The Balaban J connectivity index is 3.16. The van der Waals surface area contributed by atoms with Crippen LogP contribution in [0.1, 0.15) is 50.3 Å². The zero-order chi connectivity index (χ0) is 15.5. The summed E-state index contributed by atoms with van der Waals surface area (Å²) in [5.74, 6) is 0. The fraction of sp³-hybridized carbons (Fsp3) is 0.556. The molecule has 20 heavy (non-hydrogen) atoms. The molecule has 0 N–H and O–H groups in total. The summed E-state index contributed by atoms with van der Waals surface area (Å²) < 4.78 is 13.0. The van der Waals surface area contributed by atoms with Crippen LogP contribution in [-0.2, 0) is 10.8 Å². The van der Waals surface area contributed by atoms with Gasteiger partial charge in [0.2, 0.25) is 0 Å². The number of aryl methyl sites for hydroxylation is 3. The van der Waals surface area contributed by atoms with E-state index in [0.29, 0.717) is 0 Å². The standard InChI is InChI=1S/C18H28OS/c1-8-9-16(12-18(5,6)7)20(19)17-14(3)10-13(2)11-15(17)4/h8,10-11,16H,1,9,12H2,2-7H3/t16-,20?/m0/s1. The Morgan fingerprint density at radius 1 is 1.20 bits per heavy atom. The van der Waals surface area contributed by atoms with Crippen molar-refractivity contribution in [1.29, 1.82) is 0 Å². The van der Waals surface area contributed by atoms with Crippen molar-refractivity contribution in [2.75, 3.05) is 0 Å². The molecule has 1 aromatic rings. The second-order valence-corrected chi connectivity index (χ2v) is 8.61. The van der Waals surface area contributed by atoms with E-state index in [0.717, 1.165) is 28.9 Å². The Bertz CT molecular complexity index is 486. The number of hydrogen-bond donors (Lipinski definition) is 0. The van der Waals surface area contributed by atoms with Crippen LogP contribution in [0.2, 0.25) is 0 Å². The van der Waals surface area contributed by atoms with E-state index in [1.54, 1.807) is 0 Å². The Morgan fingerprint density at radius 2 is 1.70 bits per heavy atom. The predicted molar refractivity (Wildman–Crippen MR) is 89.7 cm³/mol. The monoisotopic (exact) mass is 292 g/mol.